The number of esters is 2. The van der Waals surface area contributed by atoms with E-state index in [1.54, 1.807) is 0 Å². The average molecular weight is 733 g/mol. The Morgan fingerprint density at radius 3 is 1.48 bits per heavy atom. The molecule has 0 spiro atoms. The molecule has 2 atom stereocenters. The van der Waals surface area contributed by atoms with Gasteiger partial charge in [0.1, 0.15) is 19.8 Å². The number of allylic oxidation sites excluding steroid dienone is 2. The van der Waals surface area contributed by atoms with E-state index in [-0.39, 0.29) is 25.6 Å². The molecule has 0 aliphatic heterocycles. The van der Waals surface area contributed by atoms with Crippen LogP contribution in [0.15, 0.2) is 12.2 Å². The van der Waals surface area contributed by atoms with Crippen LogP contribution in [0.4, 0.5) is 0 Å². The Balaban J connectivity index is 4.39. The van der Waals surface area contributed by atoms with Gasteiger partial charge in [-0.3, -0.25) is 18.6 Å². The first kappa shape index (κ1) is 48.8. The summed E-state index contributed by atoms with van der Waals surface area (Å²) in [6, 6.07) is 0. The topological polar surface area (TPSA) is 108 Å². The smallest absolute Gasteiger partial charge is 0.462 e. The van der Waals surface area contributed by atoms with Crippen molar-refractivity contribution in [3.05, 3.63) is 12.2 Å². The first-order valence-corrected chi connectivity index (χ1v) is 21.9. The second kappa shape index (κ2) is 33.6. The second-order valence-corrected chi connectivity index (χ2v) is 16.5. The third kappa shape index (κ3) is 36.5. The van der Waals surface area contributed by atoms with Gasteiger partial charge >= 0.3 is 19.8 Å². The minimum Gasteiger partial charge on any atom is -0.462 e. The van der Waals surface area contributed by atoms with E-state index < -0.39 is 26.5 Å². The molecule has 50 heavy (non-hydrogen) atoms. The SMILES string of the molecule is CCCCCCCCC/C=C\CCCCCCCC(=O)OC(COC(=O)CCCCCCCCCCCC)COP(=O)(O)OCC[N+](C)(C)C. The fraction of sp³-hybridized carbons (Fsp3) is 0.900. The number of hydrogen-bond donors (Lipinski definition) is 1. The molecule has 0 amide bonds. The van der Waals surface area contributed by atoms with Gasteiger partial charge in [0.2, 0.25) is 0 Å². The molecule has 0 fully saturated rings. The number of likely N-dealkylation sites (N-methyl/N-ethyl adjacent to an activating group) is 1. The van der Waals surface area contributed by atoms with Crippen LogP contribution >= 0.6 is 7.82 Å². The molecule has 296 valence electrons. The van der Waals surface area contributed by atoms with E-state index in [9.17, 15) is 19.0 Å². The maximum atomic E-state index is 12.6. The number of rotatable bonds is 37. The van der Waals surface area contributed by atoms with Crippen molar-refractivity contribution in [2.24, 2.45) is 0 Å². The van der Waals surface area contributed by atoms with Gasteiger partial charge < -0.3 is 18.9 Å². The summed E-state index contributed by atoms with van der Waals surface area (Å²) >= 11 is 0. The third-order valence-corrected chi connectivity index (χ3v) is 9.78. The molecule has 0 aromatic heterocycles. The van der Waals surface area contributed by atoms with Crippen LogP contribution in [0.3, 0.4) is 0 Å². The third-order valence-electron chi connectivity index (χ3n) is 8.80. The van der Waals surface area contributed by atoms with Crippen molar-refractivity contribution < 1.29 is 42.1 Å². The number of phosphoric acid groups is 1. The number of hydrogen-bond acceptors (Lipinski definition) is 7. The van der Waals surface area contributed by atoms with Gasteiger partial charge in [-0.2, -0.15) is 0 Å². The first-order chi connectivity index (χ1) is 24.0. The lowest BCUT2D eigenvalue weighted by atomic mass is 10.1. The van der Waals surface area contributed by atoms with Gasteiger partial charge in [0.05, 0.1) is 27.7 Å². The number of unbranched alkanes of at least 4 members (excludes halogenated alkanes) is 21. The van der Waals surface area contributed by atoms with E-state index >= 15 is 0 Å². The van der Waals surface area contributed by atoms with E-state index in [0.29, 0.717) is 23.9 Å². The Labute approximate surface area is 307 Å². The molecule has 10 heteroatoms. The van der Waals surface area contributed by atoms with Gasteiger partial charge in [-0.05, 0) is 38.5 Å². The normalized spacial score (nSPS) is 13.8. The number of ether oxygens (including phenoxy) is 2. The van der Waals surface area contributed by atoms with Gasteiger partial charge in [-0.15, -0.1) is 0 Å². The molecule has 0 aromatic rings. The van der Waals surface area contributed by atoms with Crippen LogP contribution < -0.4 is 0 Å². The number of phosphoric ester groups is 1. The maximum Gasteiger partial charge on any atom is 0.472 e. The summed E-state index contributed by atoms with van der Waals surface area (Å²) in [4.78, 5) is 35.2. The lowest BCUT2D eigenvalue weighted by Gasteiger charge is -2.24. The highest BCUT2D eigenvalue weighted by atomic mass is 31.2. The summed E-state index contributed by atoms with van der Waals surface area (Å²) in [5, 5.41) is 0. The van der Waals surface area contributed by atoms with Crippen molar-refractivity contribution in [2.75, 3.05) is 47.5 Å². The molecule has 0 bridgehead atoms. The molecular formula is C40H79NO8P+. The van der Waals surface area contributed by atoms with Crippen LogP contribution in [-0.4, -0.2) is 74.9 Å². The van der Waals surface area contributed by atoms with Crippen LogP contribution in [0.1, 0.15) is 181 Å². The van der Waals surface area contributed by atoms with Crippen LogP contribution in [-0.2, 0) is 32.7 Å². The summed E-state index contributed by atoms with van der Waals surface area (Å²) in [5.74, 6) is -0.805. The molecule has 0 aliphatic rings. The van der Waals surface area contributed by atoms with Gasteiger partial charge in [0.25, 0.3) is 0 Å². The molecule has 0 rings (SSSR count). The zero-order valence-electron chi connectivity index (χ0n) is 33.1. The number of nitrogens with zero attached hydrogens (tertiary/aromatic N) is 1. The summed E-state index contributed by atoms with van der Waals surface area (Å²) < 4.78 is 34.2. The predicted octanol–water partition coefficient (Wildman–Crippen LogP) is 11.0. The van der Waals surface area contributed by atoms with Crippen LogP contribution in [0.2, 0.25) is 0 Å². The second-order valence-electron chi connectivity index (χ2n) is 15.0. The van der Waals surface area contributed by atoms with Crippen molar-refractivity contribution in [3.8, 4) is 0 Å². The molecule has 0 saturated heterocycles. The van der Waals surface area contributed by atoms with E-state index in [1.807, 2.05) is 21.1 Å². The summed E-state index contributed by atoms with van der Waals surface area (Å²) in [7, 11) is 1.48. The Hall–Kier alpha value is -1.25. The average Bonchev–Trinajstić information content (AvgIpc) is 3.06. The number of quaternary nitrogens is 1. The molecule has 0 radical (unpaired) electrons. The lowest BCUT2D eigenvalue weighted by molar-refractivity contribution is -0.870. The van der Waals surface area contributed by atoms with E-state index in [4.69, 9.17) is 18.5 Å². The number of carbonyl (C=O) groups excluding carboxylic acids is 2. The highest BCUT2D eigenvalue weighted by Gasteiger charge is 2.27. The lowest BCUT2D eigenvalue weighted by Crippen LogP contribution is -2.37. The van der Waals surface area contributed by atoms with Crippen molar-refractivity contribution in [1.82, 2.24) is 0 Å². The van der Waals surface area contributed by atoms with Crippen molar-refractivity contribution in [1.29, 1.82) is 0 Å². The van der Waals surface area contributed by atoms with Crippen molar-refractivity contribution >= 4 is 19.8 Å². The molecule has 9 nitrogen and oxygen atoms in total. The highest BCUT2D eigenvalue weighted by molar-refractivity contribution is 7.47. The van der Waals surface area contributed by atoms with Crippen molar-refractivity contribution in [3.63, 3.8) is 0 Å². The standard InChI is InChI=1S/C40H78NO8P/c1-6-8-10-12-14-16-18-19-20-21-22-23-25-27-29-31-33-40(43)49-38(37-48-50(44,45)47-35-34-41(3,4)5)36-46-39(42)32-30-28-26-24-17-15-13-11-9-7-2/h20-21,38H,6-19,22-37H2,1-5H3/p+1/b21-20-. The van der Waals surface area contributed by atoms with Crippen LogP contribution in [0.25, 0.3) is 0 Å². The molecule has 0 heterocycles. The Morgan fingerprint density at radius 2 is 1.02 bits per heavy atom. The highest BCUT2D eigenvalue weighted by Crippen LogP contribution is 2.43. The van der Waals surface area contributed by atoms with Crippen LogP contribution in [0, 0.1) is 0 Å². The Morgan fingerprint density at radius 1 is 0.600 bits per heavy atom. The zero-order chi connectivity index (χ0) is 37.2. The number of carbonyl (C=O) groups is 2. The van der Waals surface area contributed by atoms with Crippen LogP contribution in [0.5, 0.6) is 0 Å². The molecule has 2 unspecified atom stereocenters. The molecule has 0 aromatic carbocycles. The predicted molar refractivity (Wildman–Crippen MR) is 206 cm³/mol. The van der Waals surface area contributed by atoms with Gasteiger partial charge in [0, 0.05) is 12.8 Å². The van der Waals surface area contributed by atoms with Crippen molar-refractivity contribution in [2.45, 2.75) is 187 Å². The maximum absolute atomic E-state index is 12.6. The van der Waals surface area contributed by atoms with E-state index in [1.165, 1.54) is 96.3 Å². The summed E-state index contributed by atoms with van der Waals surface area (Å²) in [6.45, 7) is 4.40. The Bertz CT molecular complexity index is 876. The zero-order valence-corrected chi connectivity index (χ0v) is 34.0. The van der Waals surface area contributed by atoms with Gasteiger partial charge in [-0.1, -0.05) is 142 Å². The summed E-state index contributed by atoms with van der Waals surface area (Å²) in [6.07, 6.45) is 32.6. The van der Waals surface area contributed by atoms with E-state index in [2.05, 4.69) is 26.0 Å². The van der Waals surface area contributed by atoms with Gasteiger partial charge in [0.15, 0.2) is 6.10 Å². The fourth-order valence-corrected chi connectivity index (χ4v) is 6.28. The quantitative estimate of drug-likeness (QED) is 0.0221. The Kier molecular flexibility index (Phi) is 32.7. The van der Waals surface area contributed by atoms with Gasteiger partial charge in [-0.25, -0.2) is 4.57 Å². The molecule has 0 saturated carbocycles. The first-order valence-electron chi connectivity index (χ1n) is 20.4. The monoisotopic (exact) mass is 733 g/mol. The fourth-order valence-electron chi connectivity index (χ4n) is 5.54. The molecule has 0 aliphatic carbocycles. The minimum absolute atomic E-state index is 0.0329. The molecule has 1 N–H and O–H groups in total. The van der Waals surface area contributed by atoms with E-state index in [0.717, 1.165) is 51.4 Å². The largest absolute Gasteiger partial charge is 0.472 e. The molecular weight excluding hydrogens is 653 g/mol. The summed E-state index contributed by atoms with van der Waals surface area (Å²) in [5.41, 5.74) is 0. The minimum atomic E-state index is -4.36.